The van der Waals surface area contributed by atoms with E-state index in [1.54, 1.807) is 35.8 Å². The van der Waals surface area contributed by atoms with Gasteiger partial charge in [-0.2, -0.15) is 0 Å². The molecule has 34 heavy (non-hydrogen) atoms. The summed E-state index contributed by atoms with van der Waals surface area (Å²) in [5.41, 5.74) is 1.15. The molecule has 10 heteroatoms. The Morgan fingerprint density at radius 1 is 0.971 bits per heavy atom. The second kappa shape index (κ2) is 10.3. The molecule has 0 aliphatic heterocycles. The molecule has 0 radical (unpaired) electrons. The van der Waals surface area contributed by atoms with Gasteiger partial charge in [0.05, 0.1) is 26.2 Å². The van der Waals surface area contributed by atoms with Crippen LogP contribution in [0, 0.1) is 6.92 Å². The lowest BCUT2D eigenvalue weighted by Crippen LogP contribution is -2.12. The Labute approximate surface area is 215 Å². The highest BCUT2D eigenvalue weighted by Gasteiger charge is 2.24. The van der Waals surface area contributed by atoms with Crippen LogP contribution in [0.1, 0.15) is 49.7 Å². The van der Waals surface area contributed by atoms with Crippen LogP contribution in [0.3, 0.4) is 0 Å². The van der Waals surface area contributed by atoms with Crippen LogP contribution < -0.4 is 0 Å². The molecule has 0 saturated heterocycles. The van der Waals surface area contributed by atoms with Crippen LogP contribution in [0.5, 0.6) is 0 Å². The van der Waals surface area contributed by atoms with Crippen LogP contribution in [0.15, 0.2) is 48.5 Å². The highest BCUT2D eigenvalue weighted by molar-refractivity contribution is 7.15. The van der Waals surface area contributed by atoms with Crippen LogP contribution >= 0.6 is 46.1 Å². The van der Waals surface area contributed by atoms with E-state index in [0.717, 1.165) is 11.3 Å². The number of aromatic nitrogens is 3. The highest BCUT2D eigenvalue weighted by atomic mass is 35.5. The van der Waals surface area contributed by atoms with Crippen molar-refractivity contribution < 1.29 is 14.3 Å². The molecule has 174 valence electrons. The molecule has 0 atom stereocenters. The maximum Gasteiger partial charge on any atom is 0.338 e. The Bertz CT molecular complexity index is 1400. The van der Waals surface area contributed by atoms with Crippen molar-refractivity contribution in [1.29, 1.82) is 0 Å². The molecule has 0 fully saturated rings. The summed E-state index contributed by atoms with van der Waals surface area (Å²) in [4.78, 5) is 27.0. The van der Waals surface area contributed by atoms with Crippen molar-refractivity contribution in [1.82, 2.24) is 14.8 Å². The maximum atomic E-state index is 13.4. The minimum atomic E-state index is -0.585. The summed E-state index contributed by atoms with van der Waals surface area (Å²) in [7, 11) is 0. The molecule has 4 rings (SSSR count). The van der Waals surface area contributed by atoms with Crippen LogP contribution in [0.4, 0.5) is 0 Å². The molecule has 0 amide bonds. The predicted molar refractivity (Wildman–Crippen MR) is 134 cm³/mol. The lowest BCUT2D eigenvalue weighted by atomic mass is 10.0. The number of ketones is 1. The molecule has 4 aromatic rings. The summed E-state index contributed by atoms with van der Waals surface area (Å²) in [6, 6.07) is 13.3. The van der Waals surface area contributed by atoms with Gasteiger partial charge in [-0.15, -0.1) is 21.5 Å². The van der Waals surface area contributed by atoms with Crippen molar-refractivity contribution in [2.45, 2.75) is 26.9 Å². The van der Waals surface area contributed by atoms with Gasteiger partial charge in [-0.05, 0) is 49.7 Å². The SMILES string of the molecule is CCc1cc(C(=O)c2ccccc2Cl)c(-n2c(C)nnc2COC(=O)c2ccc(Cl)c(Cl)c2)s1. The largest absolute Gasteiger partial charge is 0.454 e. The Kier molecular flexibility index (Phi) is 7.38. The van der Waals surface area contributed by atoms with Crippen molar-refractivity contribution in [2.24, 2.45) is 0 Å². The number of carbonyl (C=O) groups is 2. The monoisotopic (exact) mass is 533 g/mol. The second-order valence-corrected chi connectivity index (χ2v) is 9.63. The number of carbonyl (C=O) groups excluding carboxylic acids is 2. The van der Waals surface area contributed by atoms with Gasteiger partial charge in [0.1, 0.15) is 10.8 Å². The lowest BCUT2D eigenvalue weighted by molar-refractivity contribution is 0.0460. The van der Waals surface area contributed by atoms with E-state index >= 15 is 0 Å². The lowest BCUT2D eigenvalue weighted by Gasteiger charge is -2.10. The summed E-state index contributed by atoms with van der Waals surface area (Å²) in [6.45, 7) is 3.63. The van der Waals surface area contributed by atoms with E-state index in [0.29, 0.717) is 37.8 Å². The molecule has 0 aliphatic carbocycles. The van der Waals surface area contributed by atoms with Gasteiger partial charge in [0.15, 0.2) is 18.2 Å². The van der Waals surface area contributed by atoms with Gasteiger partial charge in [0.25, 0.3) is 0 Å². The van der Waals surface area contributed by atoms with Gasteiger partial charge in [-0.3, -0.25) is 9.36 Å². The molecule has 0 saturated carbocycles. The van der Waals surface area contributed by atoms with Gasteiger partial charge in [-0.25, -0.2) is 4.79 Å². The highest BCUT2D eigenvalue weighted by Crippen LogP contribution is 2.32. The van der Waals surface area contributed by atoms with E-state index in [1.165, 1.54) is 29.5 Å². The molecule has 0 aliphatic rings. The van der Waals surface area contributed by atoms with Gasteiger partial charge >= 0.3 is 5.97 Å². The molecule has 0 N–H and O–H groups in total. The first-order valence-electron chi connectivity index (χ1n) is 10.3. The molecule has 0 spiro atoms. The summed E-state index contributed by atoms with van der Waals surface area (Å²) >= 11 is 19.7. The van der Waals surface area contributed by atoms with E-state index in [9.17, 15) is 9.59 Å². The molecule has 2 aromatic heterocycles. The zero-order valence-corrected chi connectivity index (χ0v) is 21.2. The third-order valence-corrected chi connectivity index (χ3v) is 7.39. The number of nitrogens with zero attached hydrogens (tertiary/aromatic N) is 3. The first-order valence-corrected chi connectivity index (χ1v) is 12.2. The molecular weight excluding hydrogens is 517 g/mol. The minimum absolute atomic E-state index is 0.154. The van der Waals surface area contributed by atoms with E-state index in [4.69, 9.17) is 39.5 Å². The van der Waals surface area contributed by atoms with Crippen molar-refractivity contribution in [3.63, 3.8) is 0 Å². The predicted octanol–water partition coefficient (Wildman–Crippen LogP) is 6.75. The van der Waals surface area contributed by atoms with E-state index < -0.39 is 5.97 Å². The van der Waals surface area contributed by atoms with Gasteiger partial charge in [-0.1, -0.05) is 53.9 Å². The fourth-order valence-electron chi connectivity index (χ4n) is 3.33. The standard InChI is InChI=1S/C24H18Cl3N3O3S/c1-3-15-11-17(22(31)16-6-4-5-7-18(16)25)23(34-15)30-13(2)28-29-21(30)12-33-24(32)14-8-9-19(26)20(27)10-14/h4-11H,3,12H2,1-2H3. The fraction of sp³-hybridized carbons (Fsp3) is 0.167. The zero-order chi connectivity index (χ0) is 24.4. The number of hydrogen-bond acceptors (Lipinski definition) is 6. The number of rotatable bonds is 7. The molecule has 0 unspecified atom stereocenters. The summed E-state index contributed by atoms with van der Waals surface area (Å²) < 4.78 is 7.19. The number of halogens is 3. The van der Waals surface area contributed by atoms with E-state index in [2.05, 4.69) is 10.2 Å². The number of aryl methyl sites for hydroxylation is 2. The number of ether oxygens (including phenoxy) is 1. The average Bonchev–Trinajstić information content (AvgIpc) is 3.41. The van der Waals surface area contributed by atoms with Crippen LogP contribution in [0.25, 0.3) is 5.00 Å². The third-order valence-electron chi connectivity index (χ3n) is 5.06. The summed E-state index contributed by atoms with van der Waals surface area (Å²) in [5, 5.41) is 9.93. The van der Waals surface area contributed by atoms with Crippen molar-refractivity contribution >= 4 is 57.9 Å². The second-order valence-electron chi connectivity index (χ2n) is 7.30. The van der Waals surface area contributed by atoms with Gasteiger partial charge < -0.3 is 4.74 Å². The number of benzene rings is 2. The van der Waals surface area contributed by atoms with Crippen LogP contribution in [-0.2, 0) is 17.8 Å². The van der Waals surface area contributed by atoms with Crippen molar-refractivity contribution in [3.05, 3.63) is 96.8 Å². The Morgan fingerprint density at radius 2 is 1.74 bits per heavy atom. The Balaban J connectivity index is 1.67. The zero-order valence-electron chi connectivity index (χ0n) is 18.1. The van der Waals surface area contributed by atoms with Crippen LogP contribution in [-0.4, -0.2) is 26.5 Å². The number of hydrogen-bond donors (Lipinski definition) is 0. The summed E-state index contributed by atoms with van der Waals surface area (Å²) in [6.07, 6.45) is 0.746. The van der Waals surface area contributed by atoms with Crippen molar-refractivity contribution in [2.75, 3.05) is 0 Å². The molecular formula is C24H18Cl3N3O3S. The van der Waals surface area contributed by atoms with E-state index in [-0.39, 0.29) is 23.0 Å². The topological polar surface area (TPSA) is 74.1 Å². The molecule has 2 heterocycles. The average molecular weight is 535 g/mol. The maximum absolute atomic E-state index is 13.4. The first kappa shape index (κ1) is 24.4. The van der Waals surface area contributed by atoms with Crippen molar-refractivity contribution in [3.8, 4) is 5.00 Å². The number of esters is 1. The Hall–Kier alpha value is -2.71. The van der Waals surface area contributed by atoms with Gasteiger partial charge in [0, 0.05) is 10.4 Å². The molecule has 6 nitrogen and oxygen atoms in total. The van der Waals surface area contributed by atoms with Crippen LogP contribution in [0.2, 0.25) is 15.1 Å². The van der Waals surface area contributed by atoms with E-state index in [1.807, 2.05) is 13.0 Å². The smallest absolute Gasteiger partial charge is 0.338 e. The fourth-order valence-corrected chi connectivity index (χ4v) is 5.00. The first-order chi connectivity index (χ1) is 16.3. The molecule has 0 bridgehead atoms. The van der Waals surface area contributed by atoms with Gasteiger partial charge in [0.2, 0.25) is 0 Å². The third kappa shape index (κ3) is 4.88. The Morgan fingerprint density at radius 3 is 2.44 bits per heavy atom. The quantitative estimate of drug-likeness (QED) is 0.194. The summed E-state index contributed by atoms with van der Waals surface area (Å²) in [5.74, 6) is 0.142. The normalized spacial score (nSPS) is 11.0. The minimum Gasteiger partial charge on any atom is -0.454 e. The molecule has 2 aromatic carbocycles. The number of thiophene rings is 1.